The van der Waals surface area contributed by atoms with Crippen LogP contribution in [0.15, 0.2) is 87.0 Å². The van der Waals surface area contributed by atoms with Crippen molar-refractivity contribution in [3.8, 4) is 0 Å². The van der Waals surface area contributed by atoms with E-state index in [1.54, 1.807) is 6.07 Å². The maximum absolute atomic E-state index is 12.7. The van der Waals surface area contributed by atoms with Gasteiger partial charge in [-0.15, -0.1) is 5.10 Å². The number of amidine groups is 1. The first-order valence-corrected chi connectivity index (χ1v) is 11.1. The fourth-order valence-electron chi connectivity index (χ4n) is 2.48. The molecule has 0 aliphatic carbocycles. The average molecular weight is 492 g/mol. The van der Waals surface area contributed by atoms with Gasteiger partial charge < -0.3 is 5.73 Å². The molecule has 0 fully saturated rings. The highest BCUT2D eigenvalue weighted by Crippen LogP contribution is 2.35. The molecule has 7 nitrogen and oxygen atoms in total. The Bertz CT molecular complexity index is 1170. The summed E-state index contributed by atoms with van der Waals surface area (Å²) in [6.45, 7) is 0. The molecule has 0 saturated carbocycles. The van der Waals surface area contributed by atoms with E-state index in [1.165, 1.54) is 30.1 Å². The molecule has 33 heavy (non-hydrogen) atoms. The molecule has 2 N–H and O–H groups in total. The number of hydrogen-bond acceptors (Lipinski definition) is 7. The quantitative estimate of drug-likeness (QED) is 0.195. The number of hydrogen-bond donors (Lipinski definition) is 1. The molecule has 0 aliphatic rings. The Morgan fingerprint density at radius 1 is 1.15 bits per heavy atom. The molecule has 3 rings (SSSR count). The Morgan fingerprint density at radius 2 is 1.91 bits per heavy atom. The summed E-state index contributed by atoms with van der Waals surface area (Å²) < 4.78 is 38.0. The summed E-state index contributed by atoms with van der Waals surface area (Å²) in [7, 11) is 0. The SMILES string of the molecule is NC(=NN=Cc1ccc(Sc2ccc(C(F)(F)F)cn2)c([N+](=O)[O-])c1)SCc1ccccc1. The molecule has 0 amide bonds. The second-order valence-corrected chi connectivity index (χ2v) is 8.48. The van der Waals surface area contributed by atoms with Crippen LogP contribution in [-0.4, -0.2) is 21.3 Å². The van der Waals surface area contributed by atoms with Crippen molar-refractivity contribution < 1.29 is 18.1 Å². The van der Waals surface area contributed by atoms with Crippen LogP contribution < -0.4 is 5.73 Å². The second-order valence-electron chi connectivity index (χ2n) is 6.43. The molecule has 0 saturated heterocycles. The minimum Gasteiger partial charge on any atom is -0.377 e. The van der Waals surface area contributed by atoms with Crippen LogP contribution >= 0.6 is 23.5 Å². The zero-order valence-corrected chi connectivity index (χ0v) is 18.4. The van der Waals surface area contributed by atoms with E-state index >= 15 is 0 Å². The largest absolute Gasteiger partial charge is 0.417 e. The molecule has 0 aliphatic heterocycles. The highest BCUT2D eigenvalue weighted by atomic mass is 32.2. The van der Waals surface area contributed by atoms with E-state index in [1.807, 2.05) is 30.3 Å². The molecule has 0 unspecified atom stereocenters. The normalized spacial score (nSPS) is 12.3. The van der Waals surface area contributed by atoms with Crippen LogP contribution in [0.4, 0.5) is 18.9 Å². The van der Waals surface area contributed by atoms with E-state index in [2.05, 4.69) is 15.2 Å². The van der Waals surface area contributed by atoms with E-state index in [0.29, 0.717) is 17.5 Å². The smallest absolute Gasteiger partial charge is 0.377 e. The van der Waals surface area contributed by atoms with Gasteiger partial charge in [0.25, 0.3) is 5.69 Å². The molecule has 170 valence electrons. The first-order chi connectivity index (χ1) is 15.7. The number of halogens is 3. The Kier molecular flexibility index (Phi) is 8.06. The standard InChI is InChI=1S/C21H16F3N5O2S2/c22-21(23,24)16-7-9-19(26-12-16)33-18-8-6-15(10-17(18)29(30)31)11-27-28-20(25)32-13-14-4-2-1-3-5-14/h1-12H,13H2,(H2,25,28). The third-order valence-corrected chi connectivity index (χ3v) is 5.92. The number of alkyl halides is 3. The highest BCUT2D eigenvalue weighted by molar-refractivity contribution is 8.13. The van der Waals surface area contributed by atoms with Gasteiger partial charge in [0.15, 0.2) is 5.17 Å². The number of pyridine rings is 1. The third-order valence-electron chi connectivity index (χ3n) is 4.05. The predicted octanol–water partition coefficient (Wildman–Crippen LogP) is 5.74. The van der Waals surface area contributed by atoms with Crippen LogP contribution in [0.5, 0.6) is 0 Å². The van der Waals surface area contributed by atoms with Crippen LogP contribution in [-0.2, 0) is 11.9 Å². The van der Waals surface area contributed by atoms with Crippen LogP contribution in [0.2, 0.25) is 0 Å². The van der Waals surface area contributed by atoms with Crippen molar-refractivity contribution in [1.82, 2.24) is 4.98 Å². The topological polar surface area (TPSA) is 107 Å². The van der Waals surface area contributed by atoms with Crippen molar-refractivity contribution in [3.05, 3.63) is 93.7 Å². The van der Waals surface area contributed by atoms with Crippen LogP contribution in [0.3, 0.4) is 0 Å². The second kappa shape index (κ2) is 11.0. The predicted molar refractivity (Wildman–Crippen MR) is 123 cm³/mol. The van der Waals surface area contributed by atoms with Crippen molar-refractivity contribution >= 4 is 40.6 Å². The van der Waals surface area contributed by atoms with Gasteiger partial charge in [0.05, 0.1) is 21.6 Å². The van der Waals surface area contributed by atoms with Gasteiger partial charge in [0.1, 0.15) is 5.03 Å². The van der Waals surface area contributed by atoms with Gasteiger partial charge in [0.2, 0.25) is 0 Å². The number of nitrogens with zero attached hydrogens (tertiary/aromatic N) is 4. The molecular weight excluding hydrogens is 475 g/mol. The Morgan fingerprint density at radius 3 is 2.55 bits per heavy atom. The lowest BCUT2D eigenvalue weighted by molar-refractivity contribution is -0.387. The van der Waals surface area contributed by atoms with Gasteiger partial charge in [0, 0.05) is 23.6 Å². The number of thioether (sulfide) groups is 1. The van der Waals surface area contributed by atoms with Crippen LogP contribution in [0, 0.1) is 10.1 Å². The van der Waals surface area contributed by atoms with Gasteiger partial charge in [-0.05, 0) is 23.8 Å². The first-order valence-electron chi connectivity index (χ1n) is 9.25. The van der Waals surface area contributed by atoms with E-state index in [-0.39, 0.29) is 20.8 Å². The molecular formula is C21H16F3N5O2S2. The third kappa shape index (κ3) is 7.32. The molecule has 0 radical (unpaired) electrons. The number of nitro benzene ring substituents is 1. The number of nitro groups is 1. The van der Waals surface area contributed by atoms with Gasteiger partial charge in [-0.3, -0.25) is 10.1 Å². The Hall–Kier alpha value is -3.38. The van der Waals surface area contributed by atoms with Crippen LogP contribution in [0.1, 0.15) is 16.7 Å². The summed E-state index contributed by atoms with van der Waals surface area (Å²) in [5, 5.41) is 19.7. The van der Waals surface area contributed by atoms with E-state index in [0.717, 1.165) is 29.5 Å². The van der Waals surface area contributed by atoms with Crippen molar-refractivity contribution in [1.29, 1.82) is 0 Å². The minimum atomic E-state index is -4.50. The Labute approximate surface area is 195 Å². The fourth-order valence-corrected chi connectivity index (χ4v) is 3.93. The molecule has 1 aromatic heterocycles. The zero-order valence-electron chi connectivity index (χ0n) is 16.8. The molecule has 0 atom stereocenters. The van der Waals surface area contributed by atoms with Crippen molar-refractivity contribution in [2.24, 2.45) is 15.9 Å². The summed E-state index contributed by atoms with van der Waals surface area (Å²) in [4.78, 5) is 14.9. The summed E-state index contributed by atoms with van der Waals surface area (Å²) in [6, 6.07) is 16.1. The maximum Gasteiger partial charge on any atom is 0.417 e. The number of nitrogens with two attached hydrogens (primary N) is 1. The minimum absolute atomic E-state index is 0.195. The summed E-state index contributed by atoms with van der Waals surface area (Å²) in [5.41, 5.74) is 6.19. The summed E-state index contributed by atoms with van der Waals surface area (Å²) in [6.07, 6.45) is -2.49. The molecule has 12 heteroatoms. The molecule has 2 aromatic carbocycles. The zero-order chi connectivity index (χ0) is 23.8. The van der Waals surface area contributed by atoms with Gasteiger partial charge in [-0.1, -0.05) is 59.9 Å². The van der Waals surface area contributed by atoms with Gasteiger partial charge in [-0.2, -0.15) is 18.3 Å². The van der Waals surface area contributed by atoms with E-state index < -0.39 is 16.7 Å². The van der Waals surface area contributed by atoms with E-state index in [4.69, 9.17) is 5.73 Å². The van der Waals surface area contributed by atoms with E-state index in [9.17, 15) is 23.3 Å². The fraction of sp³-hybridized carbons (Fsp3) is 0.0952. The lowest BCUT2D eigenvalue weighted by atomic mass is 10.2. The lowest BCUT2D eigenvalue weighted by Crippen LogP contribution is -2.06. The molecule has 0 bridgehead atoms. The van der Waals surface area contributed by atoms with Crippen LogP contribution in [0.25, 0.3) is 0 Å². The average Bonchev–Trinajstić information content (AvgIpc) is 2.79. The van der Waals surface area contributed by atoms with Gasteiger partial charge in [-0.25, -0.2) is 4.98 Å². The molecule has 0 spiro atoms. The van der Waals surface area contributed by atoms with Crippen molar-refractivity contribution in [3.63, 3.8) is 0 Å². The molecule has 3 aromatic rings. The van der Waals surface area contributed by atoms with Crippen molar-refractivity contribution in [2.75, 3.05) is 0 Å². The van der Waals surface area contributed by atoms with Crippen molar-refractivity contribution in [2.45, 2.75) is 21.9 Å². The number of aromatic nitrogens is 1. The monoisotopic (exact) mass is 491 g/mol. The Balaban J connectivity index is 1.68. The number of rotatable bonds is 7. The highest BCUT2D eigenvalue weighted by Gasteiger charge is 2.30. The lowest BCUT2D eigenvalue weighted by Gasteiger charge is -2.07. The first kappa shape index (κ1) is 24.3. The van der Waals surface area contributed by atoms with Gasteiger partial charge >= 0.3 is 6.18 Å². The summed E-state index contributed by atoms with van der Waals surface area (Å²) >= 11 is 2.19. The summed E-state index contributed by atoms with van der Waals surface area (Å²) in [5.74, 6) is 0.626. The maximum atomic E-state index is 12.7. The molecule has 1 heterocycles. The number of benzene rings is 2.